The first-order valence-corrected chi connectivity index (χ1v) is 7.59. The molecule has 1 saturated heterocycles. The topological polar surface area (TPSA) is 4.44 Å². The molecule has 4 atom stereocenters. The van der Waals surface area contributed by atoms with E-state index in [1.54, 1.807) is 0 Å². The first-order chi connectivity index (χ1) is 8.70. The van der Waals surface area contributed by atoms with Crippen LogP contribution in [0.15, 0.2) is 30.3 Å². The van der Waals surface area contributed by atoms with E-state index >= 15 is 0 Å². The second-order valence-electron chi connectivity index (χ2n) is 6.76. The van der Waals surface area contributed by atoms with Crippen LogP contribution >= 0.6 is 0 Å². The van der Waals surface area contributed by atoms with Gasteiger partial charge in [-0.15, -0.1) is 0 Å². The van der Waals surface area contributed by atoms with E-state index in [0.29, 0.717) is 5.54 Å². The standard InChI is InChI=1S/C17H25N/c1-14-11-17(12-15(14)2)9-6-10-18(17)13-16-7-4-3-5-8-16/h3-5,7-8,14-15H,6,9-13H2,1-2H3/p+1/t14-,15+,17?. The monoisotopic (exact) mass is 244 g/mol. The quantitative estimate of drug-likeness (QED) is 0.816. The van der Waals surface area contributed by atoms with Crippen LogP contribution in [0.2, 0.25) is 0 Å². The van der Waals surface area contributed by atoms with E-state index in [4.69, 9.17) is 0 Å². The van der Waals surface area contributed by atoms with Crippen molar-refractivity contribution in [2.45, 2.75) is 51.6 Å². The molecule has 1 aliphatic carbocycles. The number of nitrogens with one attached hydrogen (secondary N) is 1. The fraction of sp³-hybridized carbons (Fsp3) is 0.647. The first-order valence-electron chi connectivity index (χ1n) is 7.59. The number of likely N-dealkylation sites (tertiary alicyclic amines) is 1. The zero-order valence-corrected chi connectivity index (χ0v) is 11.8. The van der Waals surface area contributed by atoms with E-state index in [0.717, 1.165) is 11.8 Å². The minimum absolute atomic E-state index is 0.620. The van der Waals surface area contributed by atoms with Crippen LogP contribution < -0.4 is 4.90 Å². The zero-order chi connectivity index (χ0) is 12.6. The molecule has 2 aliphatic rings. The maximum Gasteiger partial charge on any atom is 0.103 e. The van der Waals surface area contributed by atoms with E-state index in [-0.39, 0.29) is 0 Å². The van der Waals surface area contributed by atoms with Gasteiger partial charge in [-0.3, -0.25) is 0 Å². The van der Waals surface area contributed by atoms with E-state index < -0.39 is 0 Å². The van der Waals surface area contributed by atoms with Gasteiger partial charge in [0.2, 0.25) is 0 Å². The molecule has 1 saturated carbocycles. The molecule has 3 rings (SSSR count). The van der Waals surface area contributed by atoms with Gasteiger partial charge in [0, 0.05) is 31.2 Å². The average Bonchev–Trinajstić information content (AvgIpc) is 2.86. The summed E-state index contributed by atoms with van der Waals surface area (Å²) in [5, 5.41) is 0. The van der Waals surface area contributed by atoms with Crippen LogP contribution in [0.3, 0.4) is 0 Å². The first kappa shape index (κ1) is 12.2. The SMILES string of the molecule is C[C@@H]1CC2(CCC[NH+]2Cc2ccccc2)C[C@@H]1C. The fourth-order valence-electron chi connectivity index (χ4n) is 4.41. The highest BCUT2D eigenvalue weighted by Crippen LogP contribution is 2.41. The second-order valence-corrected chi connectivity index (χ2v) is 6.76. The van der Waals surface area contributed by atoms with Crippen LogP contribution in [0.4, 0.5) is 0 Å². The van der Waals surface area contributed by atoms with Gasteiger partial charge in [-0.2, -0.15) is 0 Å². The molecule has 1 aromatic rings. The maximum atomic E-state index is 2.46. The Morgan fingerprint density at radius 2 is 1.78 bits per heavy atom. The summed E-state index contributed by atoms with van der Waals surface area (Å²) >= 11 is 0. The minimum Gasteiger partial charge on any atom is -0.326 e. The van der Waals surface area contributed by atoms with Crippen LogP contribution in [0, 0.1) is 11.8 Å². The molecule has 0 bridgehead atoms. The molecule has 0 amide bonds. The van der Waals surface area contributed by atoms with Gasteiger partial charge in [0.25, 0.3) is 0 Å². The maximum absolute atomic E-state index is 2.46. The average molecular weight is 244 g/mol. The van der Waals surface area contributed by atoms with Gasteiger partial charge in [-0.1, -0.05) is 44.2 Å². The van der Waals surface area contributed by atoms with Crippen LogP contribution in [0.5, 0.6) is 0 Å². The highest BCUT2D eigenvalue weighted by atomic mass is 15.2. The van der Waals surface area contributed by atoms with Crippen molar-refractivity contribution in [3.8, 4) is 0 Å². The van der Waals surface area contributed by atoms with Gasteiger partial charge in [0.15, 0.2) is 0 Å². The molecule has 1 nitrogen and oxygen atoms in total. The summed E-state index contributed by atoms with van der Waals surface area (Å²) in [6.45, 7) is 7.53. The van der Waals surface area contributed by atoms with Crippen LogP contribution in [0.25, 0.3) is 0 Å². The molecule has 2 fully saturated rings. The molecule has 18 heavy (non-hydrogen) atoms. The van der Waals surface area contributed by atoms with Gasteiger partial charge < -0.3 is 4.90 Å². The Morgan fingerprint density at radius 1 is 1.11 bits per heavy atom. The lowest BCUT2D eigenvalue weighted by molar-refractivity contribution is -0.952. The molecular formula is C17H26N+. The van der Waals surface area contributed by atoms with Crippen LogP contribution in [-0.4, -0.2) is 12.1 Å². The van der Waals surface area contributed by atoms with E-state index in [1.807, 2.05) is 4.90 Å². The number of benzene rings is 1. The second kappa shape index (κ2) is 4.70. The third-order valence-electron chi connectivity index (χ3n) is 5.54. The Labute approximate surface area is 111 Å². The van der Waals surface area contributed by atoms with Crippen molar-refractivity contribution in [3.05, 3.63) is 35.9 Å². The van der Waals surface area contributed by atoms with Crippen molar-refractivity contribution in [2.75, 3.05) is 6.54 Å². The molecule has 0 radical (unpaired) electrons. The summed E-state index contributed by atoms with van der Waals surface area (Å²) < 4.78 is 0. The molecule has 1 spiro atoms. The molecule has 1 aromatic carbocycles. The summed E-state index contributed by atoms with van der Waals surface area (Å²) in [4.78, 5) is 1.87. The van der Waals surface area contributed by atoms with Crippen molar-refractivity contribution >= 4 is 0 Å². The predicted octanol–water partition coefficient (Wildman–Crippen LogP) is 2.67. The van der Waals surface area contributed by atoms with Crippen molar-refractivity contribution in [3.63, 3.8) is 0 Å². The lowest BCUT2D eigenvalue weighted by Gasteiger charge is -2.32. The molecule has 1 N–H and O–H groups in total. The Balaban J connectivity index is 1.76. The predicted molar refractivity (Wildman–Crippen MR) is 75.5 cm³/mol. The Morgan fingerprint density at radius 3 is 2.44 bits per heavy atom. The van der Waals surface area contributed by atoms with Crippen molar-refractivity contribution in [1.82, 2.24) is 0 Å². The summed E-state index contributed by atoms with van der Waals surface area (Å²) in [5.74, 6) is 1.85. The third kappa shape index (κ3) is 2.09. The largest absolute Gasteiger partial charge is 0.326 e. The van der Waals surface area contributed by atoms with Gasteiger partial charge in [0.05, 0.1) is 12.1 Å². The van der Waals surface area contributed by atoms with Crippen molar-refractivity contribution < 1.29 is 4.90 Å². The molecule has 1 aliphatic heterocycles. The Kier molecular flexibility index (Phi) is 3.19. The zero-order valence-electron chi connectivity index (χ0n) is 11.8. The van der Waals surface area contributed by atoms with E-state index in [1.165, 1.54) is 44.3 Å². The smallest absolute Gasteiger partial charge is 0.103 e. The minimum atomic E-state index is 0.620. The van der Waals surface area contributed by atoms with Gasteiger partial charge in [-0.25, -0.2) is 0 Å². The van der Waals surface area contributed by atoms with Crippen LogP contribution in [-0.2, 0) is 6.54 Å². The molecule has 1 heteroatoms. The molecule has 98 valence electrons. The number of hydrogen-bond donors (Lipinski definition) is 1. The van der Waals surface area contributed by atoms with Gasteiger partial charge >= 0.3 is 0 Å². The third-order valence-corrected chi connectivity index (χ3v) is 5.54. The lowest BCUT2D eigenvalue weighted by Crippen LogP contribution is -3.16. The Hall–Kier alpha value is -0.820. The normalized spacial score (nSPS) is 39.6. The molecule has 1 heterocycles. The summed E-state index contributed by atoms with van der Waals surface area (Å²) in [6, 6.07) is 11.1. The highest BCUT2D eigenvalue weighted by molar-refractivity contribution is 5.13. The molecule has 2 unspecified atom stereocenters. The highest BCUT2D eigenvalue weighted by Gasteiger charge is 2.51. The van der Waals surface area contributed by atoms with Gasteiger partial charge in [0.1, 0.15) is 6.54 Å². The summed E-state index contributed by atoms with van der Waals surface area (Å²) in [5.41, 5.74) is 2.13. The Bertz CT molecular complexity index is 387. The van der Waals surface area contributed by atoms with E-state index in [2.05, 4.69) is 44.2 Å². The molecule has 0 aromatic heterocycles. The lowest BCUT2D eigenvalue weighted by atomic mass is 9.92. The van der Waals surface area contributed by atoms with Crippen molar-refractivity contribution in [2.24, 2.45) is 11.8 Å². The van der Waals surface area contributed by atoms with Crippen molar-refractivity contribution in [1.29, 1.82) is 0 Å². The van der Waals surface area contributed by atoms with Crippen LogP contribution in [0.1, 0.15) is 45.1 Å². The summed E-state index contributed by atoms with van der Waals surface area (Å²) in [6.07, 6.45) is 5.80. The number of rotatable bonds is 2. The van der Waals surface area contributed by atoms with E-state index in [9.17, 15) is 0 Å². The fourth-order valence-corrected chi connectivity index (χ4v) is 4.41. The number of quaternary nitrogens is 1. The number of hydrogen-bond acceptors (Lipinski definition) is 0. The van der Waals surface area contributed by atoms with Gasteiger partial charge in [-0.05, 0) is 11.8 Å². The molecular weight excluding hydrogens is 218 g/mol. The summed E-state index contributed by atoms with van der Waals surface area (Å²) in [7, 11) is 0.